The summed E-state index contributed by atoms with van der Waals surface area (Å²) in [6.45, 7) is 1.88. The Kier molecular flexibility index (Phi) is 2.67. The van der Waals surface area contributed by atoms with E-state index in [2.05, 4.69) is 10.3 Å². The molecule has 0 atom stereocenters. The summed E-state index contributed by atoms with van der Waals surface area (Å²) in [7, 11) is 0. The highest BCUT2D eigenvalue weighted by Gasteiger charge is 2.14. The molecule has 2 N–H and O–H groups in total. The lowest BCUT2D eigenvalue weighted by molar-refractivity contribution is 0.629. The Balaban J connectivity index is 0.000000853. The van der Waals surface area contributed by atoms with Crippen molar-refractivity contribution in [3.8, 4) is 0 Å². The first-order valence-electron chi connectivity index (χ1n) is 4.84. The van der Waals surface area contributed by atoms with Crippen LogP contribution in [-0.4, -0.2) is 11.5 Å². The Labute approximate surface area is 93.3 Å². The summed E-state index contributed by atoms with van der Waals surface area (Å²) in [5.74, 6) is -0.177. The summed E-state index contributed by atoms with van der Waals surface area (Å²) in [6, 6.07) is 4.96. The smallest absolute Gasteiger partial charge is 0.125 e. The monoisotopic (exact) mass is 226 g/mol. The van der Waals surface area contributed by atoms with Gasteiger partial charge in [-0.15, -0.1) is 12.4 Å². The average Bonchev–Trinajstić information content (AvgIpc) is 2.54. The lowest BCUT2D eigenvalue weighted by Crippen LogP contribution is -2.22. The lowest BCUT2D eigenvalue weighted by atomic mass is 10.0. The van der Waals surface area contributed by atoms with Crippen LogP contribution in [0.5, 0.6) is 0 Å². The maximum atomic E-state index is 13.0. The van der Waals surface area contributed by atoms with E-state index in [1.165, 1.54) is 22.7 Å². The fourth-order valence-electron chi connectivity index (χ4n) is 2.15. The van der Waals surface area contributed by atoms with Crippen LogP contribution >= 0.6 is 12.4 Å². The van der Waals surface area contributed by atoms with Gasteiger partial charge in [-0.1, -0.05) is 0 Å². The number of halogens is 2. The summed E-state index contributed by atoms with van der Waals surface area (Å²) in [4.78, 5) is 3.25. The van der Waals surface area contributed by atoms with Gasteiger partial charge in [0, 0.05) is 23.1 Å². The lowest BCUT2D eigenvalue weighted by Gasteiger charge is -2.12. The Hall–Kier alpha value is -1.06. The van der Waals surface area contributed by atoms with Crippen molar-refractivity contribution in [2.24, 2.45) is 0 Å². The van der Waals surface area contributed by atoms with E-state index in [-0.39, 0.29) is 18.2 Å². The van der Waals surface area contributed by atoms with E-state index in [4.69, 9.17) is 0 Å². The van der Waals surface area contributed by atoms with Gasteiger partial charge in [0.1, 0.15) is 5.82 Å². The first kappa shape index (κ1) is 10.5. The van der Waals surface area contributed by atoms with Crippen LogP contribution in [0, 0.1) is 5.82 Å². The predicted octanol–water partition coefficient (Wildman–Crippen LogP) is 2.37. The number of nitrogens with one attached hydrogen (secondary N) is 2. The zero-order valence-electron chi connectivity index (χ0n) is 8.14. The number of aromatic nitrogens is 1. The minimum Gasteiger partial charge on any atom is -0.357 e. The topological polar surface area (TPSA) is 27.8 Å². The van der Waals surface area contributed by atoms with Gasteiger partial charge in [0.2, 0.25) is 0 Å². The molecular formula is C11H12ClFN2. The van der Waals surface area contributed by atoms with E-state index < -0.39 is 0 Å². The minimum absolute atomic E-state index is 0. The minimum atomic E-state index is -0.177. The van der Waals surface area contributed by atoms with Gasteiger partial charge in [-0.05, 0) is 36.7 Å². The maximum absolute atomic E-state index is 13.0. The second-order valence-electron chi connectivity index (χ2n) is 3.70. The van der Waals surface area contributed by atoms with Crippen LogP contribution in [0.25, 0.3) is 10.9 Å². The molecule has 80 valence electrons. The van der Waals surface area contributed by atoms with Crippen molar-refractivity contribution in [3.05, 3.63) is 35.3 Å². The Morgan fingerprint density at radius 3 is 3.00 bits per heavy atom. The molecule has 3 rings (SSSR count). The molecule has 0 aliphatic carbocycles. The number of rotatable bonds is 0. The van der Waals surface area contributed by atoms with Gasteiger partial charge in [-0.2, -0.15) is 0 Å². The maximum Gasteiger partial charge on any atom is 0.125 e. The van der Waals surface area contributed by atoms with Gasteiger partial charge in [0.15, 0.2) is 0 Å². The highest BCUT2D eigenvalue weighted by atomic mass is 35.5. The number of hydrogen-bond donors (Lipinski definition) is 2. The highest BCUT2D eigenvalue weighted by Crippen LogP contribution is 2.25. The molecule has 0 radical (unpaired) electrons. The molecule has 0 bridgehead atoms. The zero-order chi connectivity index (χ0) is 9.54. The van der Waals surface area contributed by atoms with Gasteiger partial charge >= 0.3 is 0 Å². The van der Waals surface area contributed by atoms with E-state index in [1.54, 1.807) is 6.07 Å². The molecule has 0 unspecified atom stereocenters. The molecule has 1 aromatic heterocycles. The van der Waals surface area contributed by atoms with Crippen LogP contribution in [0.1, 0.15) is 11.3 Å². The number of H-pyrrole nitrogens is 1. The SMILES string of the molecule is Cl.Fc1ccc2c3c([nH]c2c1)CNCC3. The number of benzene rings is 1. The van der Waals surface area contributed by atoms with Crippen molar-refractivity contribution in [2.45, 2.75) is 13.0 Å². The summed E-state index contributed by atoms with van der Waals surface area (Å²) >= 11 is 0. The molecule has 2 heterocycles. The van der Waals surface area contributed by atoms with Crippen LogP contribution in [0.2, 0.25) is 0 Å². The van der Waals surface area contributed by atoms with Gasteiger partial charge in [0.05, 0.1) is 0 Å². The standard InChI is InChI=1S/C11H11FN2.ClH/c12-7-1-2-8-9-3-4-13-6-11(9)14-10(8)5-7;/h1-2,5,13-14H,3-4,6H2;1H. The summed E-state index contributed by atoms with van der Waals surface area (Å²) in [5, 5.41) is 4.46. The summed E-state index contributed by atoms with van der Waals surface area (Å²) in [6.07, 6.45) is 1.03. The van der Waals surface area contributed by atoms with Gasteiger partial charge in [-0.3, -0.25) is 0 Å². The highest BCUT2D eigenvalue weighted by molar-refractivity contribution is 5.85. The molecule has 1 aliphatic heterocycles. The number of aromatic amines is 1. The Bertz CT molecular complexity index is 493. The van der Waals surface area contributed by atoms with Crippen molar-refractivity contribution in [1.29, 1.82) is 0 Å². The zero-order valence-corrected chi connectivity index (χ0v) is 8.96. The fraction of sp³-hybridized carbons (Fsp3) is 0.273. The third-order valence-electron chi connectivity index (χ3n) is 2.81. The van der Waals surface area contributed by atoms with E-state index in [1.807, 2.05) is 6.07 Å². The summed E-state index contributed by atoms with van der Waals surface area (Å²) < 4.78 is 13.0. The molecule has 0 saturated carbocycles. The van der Waals surface area contributed by atoms with Crippen molar-refractivity contribution in [3.63, 3.8) is 0 Å². The van der Waals surface area contributed by atoms with E-state index in [0.29, 0.717) is 0 Å². The molecule has 15 heavy (non-hydrogen) atoms. The molecule has 1 aliphatic rings. The van der Waals surface area contributed by atoms with Crippen LogP contribution in [0.4, 0.5) is 4.39 Å². The molecule has 2 aromatic rings. The predicted molar refractivity (Wildman–Crippen MR) is 60.9 cm³/mol. The van der Waals surface area contributed by atoms with E-state index in [0.717, 1.165) is 25.0 Å². The quantitative estimate of drug-likeness (QED) is 0.709. The molecule has 0 amide bonds. The Morgan fingerprint density at radius 2 is 2.13 bits per heavy atom. The van der Waals surface area contributed by atoms with Gasteiger partial charge in [0.25, 0.3) is 0 Å². The average molecular weight is 227 g/mol. The first-order chi connectivity index (χ1) is 6.84. The van der Waals surface area contributed by atoms with Crippen molar-refractivity contribution < 1.29 is 4.39 Å². The second kappa shape index (κ2) is 3.83. The molecular weight excluding hydrogens is 215 g/mol. The first-order valence-corrected chi connectivity index (χ1v) is 4.84. The van der Waals surface area contributed by atoms with Crippen LogP contribution in [0.3, 0.4) is 0 Å². The molecule has 0 spiro atoms. The Morgan fingerprint density at radius 1 is 1.27 bits per heavy atom. The normalized spacial score (nSPS) is 14.7. The third-order valence-corrected chi connectivity index (χ3v) is 2.81. The van der Waals surface area contributed by atoms with E-state index >= 15 is 0 Å². The van der Waals surface area contributed by atoms with Crippen LogP contribution < -0.4 is 5.32 Å². The second-order valence-corrected chi connectivity index (χ2v) is 3.70. The molecule has 4 heteroatoms. The van der Waals surface area contributed by atoms with Crippen LogP contribution in [0.15, 0.2) is 18.2 Å². The molecule has 0 saturated heterocycles. The largest absolute Gasteiger partial charge is 0.357 e. The molecule has 0 fully saturated rings. The van der Waals surface area contributed by atoms with Crippen molar-refractivity contribution in [2.75, 3.05) is 6.54 Å². The van der Waals surface area contributed by atoms with E-state index in [9.17, 15) is 4.39 Å². The van der Waals surface area contributed by atoms with Gasteiger partial charge in [-0.25, -0.2) is 4.39 Å². The fourth-order valence-corrected chi connectivity index (χ4v) is 2.15. The van der Waals surface area contributed by atoms with Crippen molar-refractivity contribution >= 4 is 23.3 Å². The van der Waals surface area contributed by atoms with Crippen LogP contribution in [-0.2, 0) is 13.0 Å². The van der Waals surface area contributed by atoms with Crippen molar-refractivity contribution in [1.82, 2.24) is 10.3 Å². The summed E-state index contributed by atoms with van der Waals surface area (Å²) in [5.41, 5.74) is 3.47. The molecule has 1 aromatic carbocycles. The van der Waals surface area contributed by atoms with Gasteiger partial charge < -0.3 is 10.3 Å². The number of hydrogen-bond acceptors (Lipinski definition) is 1. The number of fused-ring (bicyclic) bond motifs is 3. The third kappa shape index (κ3) is 1.62. The molecule has 2 nitrogen and oxygen atoms in total.